The normalized spacial score (nSPS) is 10.0. The molecule has 1 heterocycles. The average Bonchev–Trinajstić information content (AvgIpc) is 2.20. The molecule has 3 heteroatoms. The first-order valence-corrected chi connectivity index (χ1v) is 4.54. The number of rotatable bonds is 3. The number of nitrogens with zero attached hydrogens (tertiary/aromatic N) is 3. The molecule has 0 amide bonds. The molecule has 0 bridgehead atoms. The summed E-state index contributed by atoms with van der Waals surface area (Å²) in [5.74, 6) is 1.18. The molecule has 0 N–H and O–H groups in total. The first kappa shape index (κ1) is 9.66. The van der Waals surface area contributed by atoms with Crippen molar-refractivity contribution in [2.75, 3.05) is 0 Å². The van der Waals surface area contributed by atoms with Crippen LogP contribution in [0.1, 0.15) is 44.1 Å². The Bertz CT molecular complexity index is 310. The Kier molecular flexibility index (Phi) is 3.39. The largest absolute Gasteiger partial charge is 0.241 e. The molecule has 0 fully saturated rings. The summed E-state index contributed by atoms with van der Waals surface area (Å²) in [4.78, 5) is 8.33. The smallest absolute Gasteiger partial charge is 0.144 e. The molecule has 0 spiro atoms. The second kappa shape index (κ2) is 4.56. The van der Waals surface area contributed by atoms with Gasteiger partial charge in [-0.15, -0.1) is 0 Å². The highest BCUT2D eigenvalue weighted by Gasteiger charge is 2.09. The number of nitriles is 1. The molecule has 3 nitrogen and oxygen atoms in total. The molecule has 1 aromatic heterocycles. The average molecular weight is 175 g/mol. The molecular formula is C10H13N3. The number of hydrogen-bond donors (Lipinski definition) is 0. The monoisotopic (exact) mass is 175 g/mol. The van der Waals surface area contributed by atoms with Crippen molar-refractivity contribution in [3.05, 3.63) is 23.8 Å². The zero-order valence-corrected chi connectivity index (χ0v) is 7.99. The maximum absolute atomic E-state index is 8.65. The highest BCUT2D eigenvalue weighted by atomic mass is 14.9. The SMILES string of the molecule is CCC(CC)c1nccc(C#N)n1. The van der Waals surface area contributed by atoms with Crippen LogP contribution in [0.4, 0.5) is 0 Å². The van der Waals surface area contributed by atoms with Crippen LogP contribution in [0.3, 0.4) is 0 Å². The molecule has 0 aliphatic heterocycles. The Hall–Kier alpha value is -1.43. The standard InChI is InChI=1S/C10H13N3/c1-3-8(4-2)10-12-6-5-9(7-11)13-10/h5-6,8H,3-4H2,1-2H3. The topological polar surface area (TPSA) is 49.6 Å². The molecule has 0 saturated carbocycles. The third-order valence-corrected chi connectivity index (χ3v) is 2.14. The zero-order chi connectivity index (χ0) is 9.68. The van der Waals surface area contributed by atoms with E-state index in [-0.39, 0.29) is 0 Å². The zero-order valence-electron chi connectivity index (χ0n) is 7.99. The molecule has 0 radical (unpaired) electrons. The van der Waals surface area contributed by atoms with Crippen molar-refractivity contribution in [1.29, 1.82) is 5.26 Å². The Morgan fingerprint density at radius 1 is 1.46 bits per heavy atom. The van der Waals surface area contributed by atoms with E-state index in [0.717, 1.165) is 18.7 Å². The van der Waals surface area contributed by atoms with Gasteiger partial charge < -0.3 is 0 Å². The van der Waals surface area contributed by atoms with Crippen molar-refractivity contribution in [2.45, 2.75) is 32.6 Å². The molecule has 0 unspecified atom stereocenters. The fourth-order valence-electron chi connectivity index (χ4n) is 1.29. The van der Waals surface area contributed by atoms with E-state index in [1.54, 1.807) is 12.3 Å². The third kappa shape index (κ3) is 2.25. The van der Waals surface area contributed by atoms with Crippen molar-refractivity contribution >= 4 is 0 Å². The van der Waals surface area contributed by atoms with Crippen molar-refractivity contribution in [3.63, 3.8) is 0 Å². The Morgan fingerprint density at radius 2 is 2.15 bits per heavy atom. The summed E-state index contributed by atoms with van der Waals surface area (Å²) in [5, 5.41) is 8.65. The van der Waals surface area contributed by atoms with E-state index in [2.05, 4.69) is 23.8 Å². The van der Waals surface area contributed by atoms with Gasteiger partial charge in [0.1, 0.15) is 17.6 Å². The Morgan fingerprint density at radius 3 is 2.69 bits per heavy atom. The minimum atomic E-state index is 0.383. The van der Waals surface area contributed by atoms with E-state index in [1.165, 1.54) is 0 Å². The second-order valence-electron chi connectivity index (χ2n) is 2.93. The van der Waals surface area contributed by atoms with Crippen molar-refractivity contribution < 1.29 is 0 Å². The van der Waals surface area contributed by atoms with Gasteiger partial charge in [-0.25, -0.2) is 9.97 Å². The number of aromatic nitrogens is 2. The van der Waals surface area contributed by atoms with E-state index in [1.807, 2.05) is 6.07 Å². The van der Waals surface area contributed by atoms with Crippen LogP contribution >= 0.6 is 0 Å². The maximum atomic E-state index is 8.65. The minimum absolute atomic E-state index is 0.383. The molecular weight excluding hydrogens is 162 g/mol. The van der Waals surface area contributed by atoms with E-state index in [9.17, 15) is 0 Å². The molecule has 0 aromatic carbocycles. The van der Waals surface area contributed by atoms with Gasteiger partial charge in [0.15, 0.2) is 0 Å². The first-order valence-electron chi connectivity index (χ1n) is 4.54. The van der Waals surface area contributed by atoms with Gasteiger partial charge in [-0.3, -0.25) is 0 Å². The van der Waals surface area contributed by atoms with Crippen LogP contribution in [0.15, 0.2) is 12.3 Å². The fraction of sp³-hybridized carbons (Fsp3) is 0.500. The van der Waals surface area contributed by atoms with E-state index >= 15 is 0 Å². The second-order valence-corrected chi connectivity index (χ2v) is 2.93. The third-order valence-electron chi connectivity index (χ3n) is 2.14. The van der Waals surface area contributed by atoms with Crippen LogP contribution in [0.25, 0.3) is 0 Å². The maximum Gasteiger partial charge on any atom is 0.144 e. The summed E-state index contributed by atoms with van der Waals surface area (Å²) in [6.45, 7) is 4.22. The molecule has 1 aromatic rings. The summed E-state index contributed by atoms with van der Waals surface area (Å²) in [5.41, 5.74) is 0.455. The summed E-state index contributed by atoms with van der Waals surface area (Å²) >= 11 is 0. The molecule has 68 valence electrons. The van der Waals surface area contributed by atoms with Crippen LogP contribution < -0.4 is 0 Å². The predicted molar refractivity (Wildman–Crippen MR) is 50.1 cm³/mol. The van der Waals surface area contributed by atoms with Gasteiger partial charge in [-0.1, -0.05) is 13.8 Å². The molecule has 1 rings (SSSR count). The highest BCUT2D eigenvalue weighted by Crippen LogP contribution is 2.18. The van der Waals surface area contributed by atoms with Crippen LogP contribution in [-0.2, 0) is 0 Å². The molecule has 0 saturated heterocycles. The fourth-order valence-corrected chi connectivity index (χ4v) is 1.29. The van der Waals surface area contributed by atoms with Crippen molar-refractivity contribution in [1.82, 2.24) is 9.97 Å². The predicted octanol–water partition coefficient (Wildman–Crippen LogP) is 2.25. The van der Waals surface area contributed by atoms with Gasteiger partial charge in [0.2, 0.25) is 0 Å². The summed E-state index contributed by atoms with van der Waals surface area (Å²) < 4.78 is 0. The van der Waals surface area contributed by atoms with Gasteiger partial charge in [0, 0.05) is 12.1 Å². The first-order chi connectivity index (χ1) is 6.31. The quantitative estimate of drug-likeness (QED) is 0.708. The highest BCUT2D eigenvalue weighted by molar-refractivity contribution is 5.18. The molecule has 0 aliphatic rings. The van der Waals surface area contributed by atoms with Gasteiger partial charge in [0.05, 0.1) is 0 Å². The van der Waals surface area contributed by atoms with E-state index in [4.69, 9.17) is 5.26 Å². The van der Waals surface area contributed by atoms with Crippen LogP contribution in [0.2, 0.25) is 0 Å². The van der Waals surface area contributed by atoms with Crippen LogP contribution in [0.5, 0.6) is 0 Å². The Balaban J connectivity index is 2.94. The van der Waals surface area contributed by atoms with Gasteiger partial charge in [-0.05, 0) is 18.9 Å². The summed E-state index contributed by atoms with van der Waals surface area (Å²) in [6.07, 6.45) is 3.69. The summed E-state index contributed by atoms with van der Waals surface area (Å²) in [6, 6.07) is 3.65. The van der Waals surface area contributed by atoms with Crippen molar-refractivity contribution in [2.24, 2.45) is 0 Å². The van der Waals surface area contributed by atoms with E-state index in [0.29, 0.717) is 11.6 Å². The lowest BCUT2D eigenvalue weighted by molar-refractivity contribution is 0.600. The summed E-state index contributed by atoms with van der Waals surface area (Å²) in [7, 11) is 0. The molecule has 13 heavy (non-hydrogen) atoms. The van der Waals surface area contributed by atoms with Gasteiger partial charge >= 0.3 is 0 Å². The molecule has 0 atom stereocenters. The lowest BCUT2D eigenvalue weighted by Crippen LogP contribution is -2.03. The van der Waals surface area contributed by atoms with Crippen LogP contribution in [-0.4, -0.2) is 9.97 Å². The van der Waals surface area contributed by atoms with Crippen molar-refractivity contribution in [3.8, 4) is 6.07 Å². The van der Waals surface area contributed by atoms with Gasteiger partial charge in [0.25, 0.3) is 0 Å². The van der Waals surface area contributed by atoms with E-state index < -0.39 is 0 Å². The minimum Gasteiger partial charge on any atom is -0.241 e. The molecule has 0 aliphatic carbocycles. The lowest BCUT2D eigenvalue weighted by Gasteiger charge is -2.09. The lowest BCUT2D eigenvalue weighted by atomic mass is 10.0. The van der Waals surface area contributed by atoms with Crippen LogP contribution in [0, 0.1) is 11.3 Å². The Labute approximate surface area is 78.5 Å². The number of hydrogen-bond acceptors (Lipinski definition) is 3. The van der Waals surface area contributed by atoms with Gasteiger partial charge in [-0.2, -0.15) is 5.26 Å².